The van der Waals surface area contributed by atoms with Gasteiger partial charge in [-0.25, -0.2) is 9.89 Å². The van der Waals surface area contributed by atoms with Crippen molar-refractivity contribution in [3.05, 3.63) is 101 Å². The average Bonchev–Trinajstić information content (AvgIpc) is 3.47. The third kappa shape index (κ3) is 3.21. The van der Waals surface area contributed by atoms with Crippen molar-refractivity contribution in [1.82, 2.24) is 5.16 Å². The second-order valence-electron chi connectivity index (χ2n) is 7.96. The number of carbonyl (C=O) groups is 1. The summed E-state index contributed by atoms with van der Waals surface area (Å²) in [6.45, 7) is 1.48. The van der Waals surface area contributed by atoms with Crippen molar-refractivity contribution in [1.29, 1.82) is 0 Å². The molecule has 0 saturated heterocycles. The maximum Gasteiger partial charge on any atom is 0.246 e. The van der Waals surface area contributed by atoms with Gasteiger partial charge in [0.15, 0.2) is 5.78 Å². The molecule has 3 aromatic carbocycles. The van der Waals surface area contributed by atoms with Crippen LogP contribution < -0.4 is 9.91 Å². The molecule has 1 unspecified atom stereocenters. The Morgan fingerprint density at radius 1 is 0.941 bits per heavy atom. The monoisotopic (exact) mass is 467 g/mol. The third-order valence-corrected chi connectivity index (χ3v) is 6.03. The quantitative estimate of drug-likeness (QED) is 0.386. The zero-order valence-corrected chi connectivity index (χ0v) is 18.8. The van der Waals surface area contributed by atoms with Crippen LogP contribution in [0, 0.1) is 0 Å². The van der Waals surface area contributed by atoms with Gasteiger partial charge in [0, 0.05) is 17.5 Å². The van der Waals surface area contributed by atoms with E-state index in [1.165, 1.54) is 6.92 Å². The van der Waals surface area contributed by atoms with E-state index >= 15 is 0 Å². The number of aliphatic imine (C=N–C) groups is 1. The molecule has 0 fully saturated rings. The molecule has 0 amide bonds. The lowest BCUT2D eigenvalue weighted by atomic mass is 9.94. The number of hydrazone groups is 1. The molecule has 0 spiro atoms. The summed E-state index contributed by atoms with van der Waals surface area (Å²) in [5.41, 5.74) is 4.03. The van der Waals surface area contributed by atoms with Crippen molar-refractivity contribution < 1.29 is 9.32 Å². The summed E-state index contributed by atoms with van der Waals surface area (Å²) in [5.74, 6) is 0.907. The molecule has 4 aromatic rings. The Labute approximate surface area is 200 Å². The minimum Gasteiger partial charge on any atom is -0.337 e. The van der Waals surface area contributed by atoms with Crippen LogP contribution in [0.3, 0.4) is 0 Å². The zero-order valence-electron chi connectivity index (χ0n) is 18.1. The maximum atomic E-state index is 12.6. The van der Waals surface area contributed by atoms with Gasteiger partial charge in [-0.15, -0.1) is 5.10 Å². The Bertz CT molecular complexity index is 1450. The van der Waals surface area contributed by atoms with Crippen molar-refractivity contribution in [2.24, 2.45) is 10.1 Å². The lowest BCUT2D eigenvalue weighted by Crippen LogP contribution is -2.43. The summed E-state index contributed by atoms with van der Waals surface area (Å²) in [5, 5.41) is 11.3. The highest BCUT2D eigenvalue weighted by Crippen LogP contribution is 2.46. The number of rotatable bonds is 4. The van der Waals surface area contributed by atoms with E-state index in [9.17, 15) is 4.79 Å². The normalized spacial score (nSPS) is 16.6. The summed E-state index contributed by atoms with van der Waals surface area (Å²) in [6.07, 6.45) is 0. The highest BCUT2D eigenvalue weighted by atomic mass is 35.5. The number of hydrogen-bond donors (Lipinski definition) is 0. The smallest absolute Gasteiger partial charge is 0.246 e. The van der Waals surface area contributed by atoms with Crippen LogP contribution in [0.5, 0.6) is 0 Å². The van der Waals surface area contributed by atoms with Gasteiger partial charge in [-0.1, -0.05) is 77.4 Å². The first kappa shape index (κ1) is 20.4. The summed E-state index contributed by atoms with van der Waals surface area (Å²) >= 11 is 6.16. The number of hydrogen-bond acceptors (Lipinski definition) is 7. The number of para-hydroxylation sites is 1. The van der Waals surface area contributed by atoms with E-state index in [0.717, 1.165) is 22.4 Å². The fourth-order valence-corrected chi connectivity index (χ4v) is 4.34. The van der Waals surface area contributed by atoms with Gasteiger partial charge in [-0.05, 0) is 29.8 Å². The van der Waals surface area contributed by atoms with Gasteiger partial charge in [0.05, 0.1) is 11.3 Å². The fraction of sp³-hybridized carbons (Fsp3) is 0.0769. The number of anilines is 2. The number of halogens is 1. The molecule has 166 valence electrons. The minimum atomic E-state index is -0.437. The molecule has 7 nitrogen and oxygen atoms in total. The number of guanidine groups is 1. The van der Waals surface area contributed by atoms with E-state index < -0.39 is 6.04 Å². The summed E-state index contributed by atoms with van der Waals surface area (Å²) in [7, 11) is 0. The van der Waals surface area contributed by atoms with Gasteiger partial charge in [-0.3, -0.25) is 4.79 Å². The number of ketones is 1. The van der Waals surface area contributed by atoms with Gasteiger partial charge in [0.25, 0.3) is 0 Å². The molecule has 8 heteroatoms. The Morgan fingerprint density at radius 3 is 2.29 bits per heavy atom. The van der Waals surface area contributed by atoms with Crippen molar-refractivity contribution in [3.63, 3.8) is 0 Å². The number of amidine groups is 1. The molecule has 3 heterocycles. The highest BCUT2D eigenvalue weighted by Gasteiger charge is 2.45. The Hall–Kier alpha value is -4.23. The van der Waals surface area contributed by atoms with Crippen molar-refractivity contribution in [3.8, 4) is 11.3 Å². The average molecular weight is 468 g/mol. The second kappa shape index (κ2) is 7.97. The van der Waals surface area contributed by atoms with Gasteiger partial charge in [-0.2, -0.15) is 5.01 Å². The predicted octanol–water partition coefficient (Wildman–Crippen LogP) is 5.68. The van der Waals surface area contributed by atoms with Crippen molar-refractivity contribution in [2.75, 3.05) is 9.91 Å². The molecular weight excluding hydrogens is 450 g/mol. The largest absolute Gasteiger partial charge is 0.337 e. The van der Waals surface area contributed by atoms with Crippen LogP contribution in [0.25, 0.3) is 11.3 Å². The highest BCUT2D eigenvalue weighted by molar-refractivity contribution is 6.51. The van der Waals surface area contributed by atoms with E-state index in [1.807, 2.05) is 84.9 Å². The van der Waals surface area contributed by atoms with Gasteiger partial charge in [0.1, 0.15) is 11.7 Å². The van der Waals surface area contributed by atoms with Crippen LogP contribution in [0.15, 0.2) is 99.5 Å². The maximum absolute atomic E-state index is 12.6. The number of benzene rings is 3. The molecule has 1 aromatic heterocycles. The van der Waals surface area contributed by atoms with Crippen LogP contribution in [0.4, 0.5) is 11.6 Å². The van der Waals surface area contributed by atoms with E-state index in [0.29, 0.717) is 22.6 Å². The SMILES string of the molecule is CC(=O)C1=NN(c2ccccc2)C2=NC(c3ccc(Cl)cc3)c3c(-c4ccccc4)noc3N12. The van der Waals surface area contributed by atoms with Crippen LogP contribution in [0.2, 0.25) is 5.02 Å². The summed E-state index contributed by atoms with van der Waals surface area (Å²) in [4.78, 5) is 19.4. The third-order valence-electron chi connectivity index (χ3n) is 5.77. The van der Waals surface area contributed by atoms with Gasteiger partial charge in [0.2, 0.25) is 17.7 Å². The lowest BCUT2D eigenvalue weighted by Gasteiger charge is -2.28. The molecule has 0 radical (unpaired) electrons. The molecule has 2 aliphatic heterocycles. The van der Waals surface area contributed by atoms with Crippen molar-refractivity contribution >= 4 is 40.8 Å². The van der Waals surface area contributed by atoms with E-state index in [2.05, 4.69) is 10.3 Å². The summed E-state index contributed by atoms with van der Waals surface area (Å²) in [6, 6.07) is 26.4. The molecule has 0 N–H and O–H groups in total. The molecule has 0 saturated carbocycles. The first-order valence-electron chi connectivity index (χ1n) is 10.7. The number of aromatic nitrogens is 1. The Kier molecular flexibility index (Phi) is 4.78. The lowest BCUT2D eigenvalue weighted by molar-refractivity contribution is -0.111. The van der Waals surface area contributed by atoms with Gasteiger partial charge < -0.3 is 4.52 Å². The molecule has 0 bridgehead atoms. The van der Waals surface area contributed by atoms with E-state index in [1.54, 1.807) is 9.91 Å². The number of fused-ring (bicyclic) bond motifs is 3. The van der Waals surface area contributed by atoms with Gasteiger partial charge >= 0.3 is 0 Å². The number of carbonyl (C=O) groups excluding carboxylic acids is 1. The van der Waals surface area contributed by atoms with Crippen LogP contribution in [-0.4, -0.2) is 22.7 Å². The molecular formula is C26H18ClN5O2. The Balaban J connectivity index is 1.59. The second-order valence-corrected chi connectivity index (χ2v) is 8.40. The first-order chi connectivity index (χ1) is 16.6. The fourth-order valence-electron chi connectivity index (χ4n) is 4.21. The van der Waals surface area contributed by atoms with Crippen LogP contribution in [0.1, 0.15) is 24.1 Å². The standard InChI is InChI=1S/C26H18ClN5O2/c1-16(33)24-29-32(20-10-6-3-7-11-20)26-28-22(18-12-14-19(27)15-13-18)21-23(17-8-4-2-5-9-17)30-34-25(21)31(24)26/h2-15,22H,1H3. The number of Topliss-reactive ketones (excluding diaryl/α,β-unsaturated/α-hetero) is 1. The minimum absolute atomic E-state index is 0.209. The Morgan fingerprint density at radius 2 is 1.62 bits per heavy atom. The van der Waals surface area contributed by atoms with Crippen LogP contribution in [-0.2, 0) is 4.79 Å². The van der Waals surface area contributed by atoms with E-state index in [4.69, 9.17) is 21.1 Å². The van der Waals surface area contributed by atoms with Crippen LogP contribution >= 0.6 is 11.6 Å². The molecule has 2 aliphatic rings. The molecule has 0 aliphatic carbocycles. The predicted molar refractivity (Wildman–Crippen MR) is 132 cm³/mol. The first-order valence-corrected chi connectivity index (χ1v) is 11.1. The summed E-state index contributed by atoms with van der Waals surface area (Å²) < 4.78 is 5.90. The zero-order chi connectivity index (χ0) is 23.2. The molecule has 6 rings (SSSR count). The van der Waals surface area contributed by atoms with Crippen molar-refractivity contribution in [2.45, 2.75) is 13.0 Å². The topological polar surface area (TPSA) is 74.3 Å². The molecule has 34 heavy (non-hydrogen) atoms. The van der Waals surface area contributed by atoms with E-state index in [-0.39, 0.29) is 11.6 Å². The number of nitrogens with zero attached hydrogens (tertiary/aromatic N) is 5. The molecule has 1 atom stereocenters.